The van der Waals surface area contributed by atoms with E-state index in [2.05, 4.69) is 24.4 Å². The molecule has 1 N–H and O–H groups in total. The lowest BCUT2D eigenvalue weighted by Crippen LogP contribution is -2.42. The molecule has 1 fully saturated rings. The molecule has 0 bridgehead atoms. The molecule has 2 aliphatic rings. The monoisotopic (exact) mass is 412 g/mol. The van der Waals surface area contributed by atoms with Gasteiger partial charge in [0.2, 0.25) is 0 Å². The predicted molar refractivity (Wildman–Crippen MR) is 115 cm³/mol. The standard InChI is InChI=1S/C23H32N4O3/c1-3-27-21-8-7-18(24-10-9-17-5-4-6-19(15-17)29-2)16-20(21)22(25-27)23(28)26-11-13-30-14-12-26/h4-6,15,18,24H,3,7-14,16H2,1-2H3. The van der Waals surface area contributed by atoms with E-state index in [0.29, 0.717) is 38.0 Å². The number of benzene rings is 1. The van der Waals surface area contributed by atoms with Gasteiger partial charge < -0.3 is 19.7 Å². The number of nitrogens with one attached hydrogen (secondary N) is 1. The largest absolute Gasteiger partial charge is 0.497 e. The van der Waals surface area contributed by atoms with Gasteiger partial charge in [-0.15, -0.1) is 0 Å². The zero-order valence-corrected chi connectivity index (χ0v) is 18.0. The number of aromatic nitrogens is 2. The number of hydrogen-bond donors (Lipinski definition) is 1. The summed E-state index contributed by atoms with van der Waals surface area (Å²) < 4.78 is 12.7. The van der Waals surface area contributed by atoms with Gasteiger partial charge >= 0.3 is 0 Å². The first-order valence-corrected chi connectivity index (χ1v) is 11.0. The van der Waals surface area contributed by atoms with Crippen molar-refractivity contribution in [3.8, 4) is 5.75 Å². The maximum absolute atomic E-state index is 13.1. The van der Waals surface area contributed by atoms with Crippen LogP contribution in [0.25, 0.3) is 0 Å². The molecule has 4 rings (SSSR count). The summed E-state index contributed by atoms with van der Waals surface area (Å²) >= 11 is 0. The maximum atomic E-state index is 13.1. The van der Waals surface area contributed by atoms with Gasteiger partial charge in [0.1, 0.15) is 5.75 Å². The Balaban J connectivity index is 1.41. The SMILES string of the molecule is CCn1nc(C(=O)N2CCOCC2)c2c1CCC(NCCc1cccc(OC)c1)C2. The zero-order chi connectivity index (χ0) is 20.9. The highest BCUT2D eigenvalue weighted by Gasteiger charge is 2.31. The highest BCUT2D eigenvalue weighted by atomic mass is 16.5. The summed E-state index contributed by atoms with van der Waals surface area (Å²) in [4.78, 5) is 15.0. The Labute approximate surface area is 178 Å². The van der Waals surface area contributed by atoms with Crippen LogP contribution in [0.1, 0.15) is 40.7 Å². The topological polar surface area (TPSA) is 68.6 Å². The Kier molecular flexibility index (Phi) is 6.69. The molecular formula is C23H32N4O3. The predicted octanol–water partition coefficient (Wildman–Crippen LogP) is 2.07. The molecule has 1 aromatic heterocycles. The van der Waals surface area contributed by atoms with E-state index >= 15 is 0 Å². The summed E-state index contributed by atoms with van der Waals surface area (Å²) in [7, 11) is 1.70. The first-order valence-electron chi connectivity index (χ1n) is 11.0. The summed E-state index contributed by atoms with van der Waals surface area (Å²) in [6.07, 6.45) is 3.85. The van der Waals surface area contributed by atoms with Crippen molar-refractivity contribution in [1.29, 1.82) is 0 Å². The van der Waals surface area contributed by atoms with Gasteiger partial charge in [0.25, 0.3) is 5.91 Å². The smallest absolute Gasteiger partial charge is 0.274 e. The first kappa shape index (κ1) is 20.9. The fraction of sp³-hybridized carbons (Fsp3) is 0.565. The van der Waals surface area contributed by atoms with E-state index in [1.165, 1.54) is 11.3 Å². The van der Waals surface area contributed by atoms with Crippen molar-refractivity contribution >= 4 is 5.91 Å². The number of carbonyl (C=O) groups excluding carboxylic acids is 1. The molecule has 7 nitrogen and oxygen atoms in total. The third-order valence-corrected chi connectivity index (χ3v) is 6.13. The van der Waals surface area contributed by atoms with Crippen LogP contribution in [0.2, 0.25) is 0 Å². The summed E-state index contributed by atoms with van der Waals surface area (Å²) in [6.45, 7) is 6.31. The Morgan fingerprint density at radius 2 is 2.17 bits per heavy atom. The average molecular weight is 413 g/mol. The number of aryl methyl sites for hydroxylation is 1. The van der Waals surface area contributed by atoms with Gasteiger partial charge in [-0.3, -0.25) is 9.48 Å². The molecule has 162 valence electrons. The second-order valence-corrected chi connectivity index (χ2v) is 7.99. The second kappa shape index (κ2) is 9.62. The highest BCUT2D eigenvalue weighted by Crippen LogP contribution is 2.26. The van der Waals surface area contributed by atoms with Crippen LogP contribution in [-0.4, -0.2) is 66.6 Å². The molecule has 1 aliphatic heterocycles. The lowest BCUT2D eigenvalue weighted by atomic mass is 9.91. The lowest BCUT2D eigenvalue weighted by molar-refractivity contribution is 0.0297. The van der Waals surface area contributed by atoms with E-state index in [9.17, 15) is 4.79 Å². The van der Waals surface area contributed by atoms with Crippen LogP contribution in [0.4, 0.5) is 0 Å². The molecule has 1 unspecified atom stereocenters. The molecule has 0 spiro atoms. The fourth-order valence-corrected chi connectivity index (χ4v) is 4.46. The minimum absolute atomic E-state index is 0.0544. The minimum Gasteiger partial charge on any atom is -0.497 e. The van der Waals surface area contributed by atoms with Crippen LogP contribution >= 0.6 is 0 Å². The van der Waals surface area contributed by atoms with E-state index in [1.54, 1.807) is 7.11 Å². The lowest BCUT2D eigenvalue weighted by Gasteiger charge is -2.28. The quantitative estimate of drug-likeness (QED) is 0.754. The molecule has 2 aromatic rings. The Morgan fingerprint density at radius 1 is 1.33 bits per heavy atom. The molecule has 1 amide bonds. The molecule has 7 heteroatoms. The van der Waals surface area contributed by atoms with Gasteiger partial charge in [-0.05, 0) is 56.8 Å². The van der Waals surface area contributed by atoms with Crippen molar-refractivity contribution in [3.05, 3.63) is 46.8 Å². The van der Waals surface area contributed by atoms with Gasteiger partial charge in [0.05, 0.1) is 20.3 Å². The number of nitrogens with zero attached hydrogens (tertiary/aromatic N) is 3. The number of carbonyl (C=O) groups is 1. The van der Waals surface area contributed by atoms with Crippen LogP contribution in [0.3, 0.4) is 0 Å². The Morgan fingerprint density at radius 3 is 2.93 bits per heavy atom. The van der Waals surface area contributed by atoms with Crippen LogP contribution in [0.5, 0.6) is 5.75 Å². The van der Waals surface area contributed by atoms with Crippen molar-refractivity contribution in [1.82, 2.24) is 20.0 Å². The molecule has 0 radical (unpaired) electrons. The molecule has 1 atom stereocenters. The van der Waals surface area contributed by atoms with Gasteiger partial charge in [0.15, 0.2) is 5.69 Å². The van der Waals surface area contributed by atoms with E-state index < -0.39 is 0 Å². The van der Waals surface area contributed by atoms with Crippen LogP contribution in [-0.2, 0) is 30.5 Å². The van der Waals surface area contributed by atoms with Crippen molar-refractivity contribution < 1.29 is 14.3 Å². The average Bonchev–Trinajstić information content (AvgIpc) is 3.17. The maximum Gasteiger partial charge on any atom is 0.274 e. The number of fused-ring (bicyclic) bond motifs is 1. The van der Waals surface area contributed by atoms with Gasteiger partial charge in [-0.1, -0.05) is 12.1 Å². The van der Waals surface area contributed by atoms with E-state index in [0.717, 1.165) is 50.1 Å². The Hall–Kier alpha value is -2.38. The van der Waals surface area contributed by atoms with E-state index in [1.807, 2.05) is 21.7 Å². The molecular weight excluding hydrogens is 380 g/mol. The molecule has 30 heavy (non-hydrogen) atoms. The molecule has 0 saturated carbocycles. The van der Waals surface area contributed by atoms with Gasteiger partial charge in [-0.25, -0.2) is 0 Å². The van der Waals surface area contributed by atoms with E-state index in [4.69, 9.17) is 14.6 Å². The molecule has 1 aromatic carbocycles. The zero-order valence-electron chi connectivity index (χ0n) is 18.0. The number of amides is 1. The number of ether oxygens (including phenoxy) is 2. The highest BCUT2D eigenvalue weighted by molar-refractivity contribution is 5.94. The first-order chi connectivity index (χ1) is 14.7. The number of methoxy groups -OCH3 is 1. The second-order valence-electron chi connectivity index (χ2n) is 7.99. The van der Waals surface area contributed by atoms with E-state index in [-0.39, 0.29) is 5.91 Å². The van der Waals surface area contributed by atoms with Crippen molar-refractivity contribution in [3.63, 3.8) is 0 Å². The van der Waals surface area contributed by atoms with Crippen molar-refractivity contribution in [2.24, 2.45) is 0 Å². The van der Waals surface area contributed by atoms with Gasteiger partial charge in [-0.2, -0.15) is 5.10 Å². The fourth-order valence-electron chi connectivity index (χ4n) is 4.46. The third-order valence-electron chi connectivity index (χ3n) is 6.13. The van der Waals surface area contributed by atoms with Crippen LogP contribution < -0.4 is 10.1 Å². The summed E-state index contributed by atoms with van der Waals surface area (Å²) in [6, 6.07) is 8.59. The number of morpholine rings is 1. The van der Waals surface area contributed by atoms with Crippen molar-refractivity contribution in [2.75, 3.05) is 40.0 Å². The molecule has 1 saturated heterocycles. The van der Waals surface area contributed by atoms with Crippen molar-refractivity contribution in [2.45, 2.75) is 45.2 Å². The normalized spacial score (nSPS) is 18.9. The van der Waals surface area contributed by atoms with Crippen LogP contribution in [0, 0.1) is 0 Å². The van der Waals surface area contributed by atoms with Gasteiger partial charge in [0, 0.05) is 36.9 Å². The summed E-state index contributed by atoms with van der Waals surface area (Å²) in [5.74, 6) is 0.951. The number of rotatable bonds is 7. The Bertz CT molecular complexity index is 873. The molecule has 1 aliphatic carbocycles. The third kappa shape index (κ3) is 4.52. The minimum atomic E-state index is 0.0544. The number of hydrogen-bond acceptors (Lipinski definition) is 5. The summed E-state index contributed by atoms with van der Waals surface area (Å²) in [5.41, 5.74) is 4.28. The molecule has 2 heterocycles. The van der Waals surface area contributed by atoms with Crippen LogP contribution in [0.15, 0.2) is 24.3 Å². The summed E-state index contributed by atoms with van der Waals surface area (Å²) in [5, 5.41) is 8.41.